The largest absolute Gasteiger partial charge is 0.463 e. The zero-order valence-corrected chi connectivity index (χ0v) is 20.3. The minimum absolute atomic E-state index is 0.0594. The smallest absolute Gasteiger partial charge is 0.340 e. The predicted molar refractivity (Wildman–Crippen MR) is 136 cm³/mol. The molecule has 3 heterocycles. The SMILES string of the molecule is Cc1c(CC(=O)N(C)CCc2ccccn2)c(=O)oc2c(C)c3occ(-c4ccc(F)cc4)c3cc12. The Labute approximate surface area is 207 Å². The zero-order chi connectivity index (χ0) is 25.4. The summed E-state index contributed by atoms with van der Waals surface area (Å²) < 4.78 is 25.0. The van der Waals surface area contributed by atoms with E-state index in [1.54, 1.807) is 36.5 Å². The Morgan fingerprint density at radius 1 is 1.03 bits per heavy atom. The predicted octanol–water partition coefficient (Wildman–Crippen LogP) is 5.60. The minimum atomic E-state index is -0.528. The molecule has 6 nitrogen and oxygen atoms in total. The van der Waals surface area contributed by atoms with E-state index >= 15 is 0 Å². The van der Waals surface area contributed by atoms with Gasteiger partial charge in [-0.2, -0.15) is 0 Å². The number of halogens is 1. The Kier molecular flexibility index (Phi) is 6.14. The van der Waals surface area contributed by atoms with Crippen LogP contribution < -0.4 is 5.63 Å². The van der Waals surface area contributed by atoms with Gasteiger partial charge in [0.05, 0.1) is 18.2 Å². The van der Waals surface area contributed by atoms with Gasteiger partial charge in [-0.1, -0.05) is 18.2 Å². The zero-order valence-electron chi connectivity index (χ0n) is 20.3. The number of nitrogens with zero attached hydrogens (tertiary/aromatic N) is 2. The molecule has 0 N–H and O–H groups in total. The van der Waals surface area contributed by atoms with E-state index in [-0.39, 0.29) is 18.1 Å². The third kappa shape index (κ3) is 4.28. The van der Waals surface area contributed by atoms with Crippen molar-refractivity contribution in [2.75, 3.05) is 13.6 Å². The van der Waals surface area contributed by atoms with Crippen LogP contribution in [0.2, 0.25) is 0 Å². The van der Waals surface area contributed by atoms with Crippen LogP contribution in [-0.2, 0) is 17.6 Å². The van der Waals surface area contributed by atoms with E-state index in [9.17, 15) is 14.0 Å². The molecule has 7 heteroatoms. The van der Waals surface area contributed by atoms with Crippen LogP contribution in [0.4, 0.5) is 4.39 Å². The molecule has 3 aromatic heterocycles. The van der Waals surface area contributed by atoms with E-state index in [1.807, 2.05) is 38.1 Å². The van der Waals surface area contributed by atoms with Crippen LogP contribution in [0.5, 0.6) is 0 Å². The number of furan rings is 1. The summed E-state index contributed by atoms with van der Waals surface area (Å²) in [6.07, 6.45) is 3.91. The van der Waals surface area contributed by atoms with Gasteiger partial charge < -0.3 is 13.7 Å². The van der Waals surface area contributed by atoms with E-state index in [2.05, 4.69) is 4.98 Å². The number of benzene rings is 2. The number of likely N-dealkylation sites (N-methyl/N-ethyl adjacent to an activating group) is 1. The summed E-state index contributed by atoms with van der Waals surface area (Å²) >= 11 is 0. The lowest BCUT2D eigenvalue weighted by Crippen LogP contribution is -2.32. The molecule has 0 radical (unpaired) electrons. The molecule has 0 spiro atoms. The second kappa shape index (κ2) is 9.41. The van der Waals surface area contributed by atoms with E-state index in [0.717, 1.165) is 27.6 Å². The first-order valence-electron chi connectivity index (χ1n) is 11.7. The van der Waals surface area contributed by atoms with Crippen LogP contribution in [0.1, 0.15) is 22.4 Å². The summed E-state index contributed by atoms with van der Waals surface area (Å²) in [5.74, 6) is -0.487. The van der Waals surface area contributed by atoms with Crippen molar-refractivity contribution in [1.82, 2.24) is 9.88 Å². The van der Waals surface area contributed by atoms with Gasteiger partial charge in [-0.05, 0) is 55.3 Å². The molecule has 0 saturated heterocycles. The highest BCUT2D eigenvalue weighted by Gasteiger charge is 2.21. The number of rotatable bonds is 6. The monoisotopic (exact) mass is 484 g/mol. The lowest BCUT2D eigenvalue weighted by molar-refractivity contribution is -0.129. The standard InChI is InChI=1S/C29H25FN2O4/c1-17-22-14-24-25(19-7-9-20(30)10-8-19)16-35-27(24)18(2)28(22)36-29(34)23(17)15-26(33)32(3)13-11-21-6-4-5-12-31-21/h4-10,12,14,16H,11,13,15H2,1-3H3. The maximum absolute atomic E-state index is 13.4. The fourth-order valence-electron chi connectivity index (χ4n) is 4.49. The number of pyridine rings is 1. The lowest BCUT2D eigenvalue weighted by atomic mass is 9.97. The summed E-state index contributed by atoms with van der Waals surface area (Å²) in [5.41, 5.74) is 4.76. The third-order valence-corrected chi connectivity index (χ3v) is 6.68. The molecule has 5 aromatic rings. The Morgan fingerprint density at radius 3 is 2.53 bits per heavy atom. The molecule has 2 aromatic carbocycles. The van der Waals surface area contributed by atoms with Gasteiger partial charge in [0, 0.05) is 53.8 Å². The Morgan fingerprint density at radius 2 is 1.81 bits per heavy atom. The topological polar surface area (TPSA) is 76.6 Å². The molecule has 36 heavy (non-hydrogen) atoms. The van der Waals surface area contributed by atoms with Gasteiger partial charge in [0.2, 0.25) is 5.91 Å². The molecule has 0 unspecified atom stereocenters. The number of amides is 1. The van der Waals surface area contributed by atoms with Crippen molar-refractivity contribution in [3.63, 3.8) is 0 Å². The van der Waals surface area contributed by atoms with E-state index in [4.69, 9.17) is 8.83 Å². The van der Waals surface area contributed by atoms with Crippen LogP contribution in [0.15, 0.2) is 74.6 Å². The average molecular weight is 485 g/mol. The molecule has 0 aliphatic rings. The minimum Gasteiger partial charge on any atom is -0.463 e. The van der Waals surface area contributed by atoms with Gasteiger partial charge in [0.1, 0.15) is 17.0 Å². The highest BCUT2D eigenvalue weighted by atomic mass is 19.1. The molecule has 0 aliphatic heterocycles. The molecule has 0 bridgehead atoms. The molecule has 0 saturated carbocycles. The molecule has 0 aliphatic carbocycles. The van der Waals surface area contributed by atoms with Crippen molar-refractivity contribution in [2.45, 2.75) is 26.7 Å². The lowest BCUT2D eigenvalue weighted by Gasteiger charge is -2.17. The van der Waals surface area contributed by atoms with Crippen molar-refractivity contribution < 1.29 is 18.0 Å². The number of aryl methyl sites for hydroxylation is 2. The first kappa shape index (κ1) is 23.5. The first-order chi connectivity index (χ1) is 17.3. The van der Waals surface area contributed by atoms with Gasteiger partial charge in [0.15, 0.2) is 0 Å². The molecule has 1 amide bonds. The van der Waals surface area contributed by atoms with Crippen molar-refractivity contribution in [1.29, 1.82) is 0 Å². The molecular formula is C29H25FN2O4. The maximum Gasteiger partial charge on any atom is 0.340 e. The Bertz CT molecular complexity index is 1640. The van der Waals surface area contributed by atoms with Crippen LogP contribution in [0.3, 0.4) is 0 Å². The average Bonchev–Trinajstić information content (AvgIpc) is 3.31. The second-order valence-corrected chi connectivity index (χ2v) is 8.97. The normalized spacial score (nSPS) is 11.3. The van der Waals surface area contributed by atoms with Gasteiger partial charge >= 0.3 is 5.63 Å². The van der Waals surface area contributed by atoms with Crippen molar-refractivity contribution >= 4 is 27.8 Å². The summed E-state index contributed by atoms with van der Waals surface area (Å²) in [6, 6.07) is 13.8. The fraction of sp³-hybridized carbons (Fsp3) is 0.207. The van der Waals surface area contributed by atoms with E-state index < -0.39 is 5.63 Å². The number of fused-ring (bicyclic) bond motifs is 2. The molecular weight excluding hydrogens is 459 g/mol. The Balaban J connectivity index is 1.50. The van der Waals surface area contributed by atoms with Crippen molar-refractivity contribution in [2.24, 2.45) is 0 Å². The van der Waals surface area contributed by atoms with Gasteiger partial charge in [0.25, 0.3) is 0 Å². The maximum atomic E-state index is 13.4. The first-order valence-corrected chi connectivity index (χ1v) is 11.7. The van der Waals surface area contributed by atoms with E-state index in [0.29, 0.717) is 40.8 Å². The number of aromatic nitrogens is 1. The van der Waals surface area contributed by atoms with E-state index in [1.165, 1.54) is 12.1 Å². The summed E-state index contributed by atoms with van der Waals surface area (Å²) in [7, 11) is 1.72. The molecule has 0 atom stereocenters. The second-order valence-electron chi connectivity index (χ2n) is 8.97. The summed E-state index contributed by atoms with van der Waals surface area (Å²) in [6.45, 7) is 4.16. The highest BCUT2D eigenvalue weighted by molar-refractivity contribution is 6.05. The molecule has 182 valence electrons. The van der Waals surface area contributed by atoms with Crippen LogP contribution >= 0.6 is 0 Å². The van der Waals surface area contributed by atoms with Crippen LogP contribution in [-0.4, -0.2) is 29.4 Å². The third-order valence-electron chi connectivity index (χ3n) is 6.68. The molecule has 5 rings (SSSR count). The van der Waals surface area contributed by atoms with Gasteiger partial charge in [-0.15, -0.1) is 0 Å². The van der Waals surface area contributed by atoms with Crippen molar-refractivity contribution in [3.05, 3.63) is 99.6 Å². The van der Waals surface area contributed by atoms with Crippen LogP contribution in [0, 0.1) is 19.7 Å². The fourth-order valence-corrected chi connectivity index (χ4v) is 4.49. The number of hydrogen-bond acceptors (Lipinski definition) is 5. The molecule has 0 fully saturated rings. The Hall–Kier alpha value is -4.26. The van der Waals surface area contributed by atoms with Gasteiger partial charge in [-0.25, -0.2) is 9.18 Å². The van der Waals surface area contributed by atoms with Gasteiger partial charge in [-0.3, -0.25) is 9.78 Å². The summed E-state index contributed by atoms with van der Waals surface area (Å²) in [5, 5.41) is 1.57. The number of hydrogen-bond donors (Lipinski definition) is 0. The number of carbonyl (C=O) groups excluding carboxylic acids is 1. The quantitative estimate of drug-likeness (QED) is 0.293. The van der Waals surface area contributed by atoms with Crippen molar-refractivity contribution in [3.8, 4) is 11.1 Å². The summed E-state index contributed by atoms with van der Waals surface area (Å²) in [4.78, 5) is 31.8. The number of carbonyl (C=O) groups is 1. The van der Waals surface area contributed by atoms with Crippen LogP contribution in [0.25, 0.3) is 33.1 Å². The highest BCUT2D eigenvalue weighted by Crippen LogP contribution is 2.37.